The third-order valence-corrected chi connectivity index (χ3v) is 6.70. The highest BCUT2D eigenvalue weighted by molar-refractivity contribution is 6.03. The van der Waals surface area contributed by atoms with Gasteiger partial charge in [-0.15, -0.1) is 5.10 Å². The summed E-state index contributed by atoms with van der Waals surface area (Å²) < 4.78 is 62.5. The largest absolute Gasteiger partial charge is 0.478 e. The lowest BCUT2D eigenvalue weighted by molar-refractivity contribution is 0.0698. The number of hydrogen-bond donors (Lipinski definition) is 1. The van der Waals surface area contributed by atoms with Gasteiger partial charge < -0.3 is 10.0 Å². The van der Waals surface area contributed by atoms with Crippen molar-refractivity contribution in [3.8, 4) is 22.3 Å². The Hall–Kier alpha value is -3.83. The van der Waals surface area contributed by atoms with Crippen molar-refractivity contribution in [2.45, 2.75) is 6.54 Å². The van der Waals surface area contributed by atoms with Crippen LogP contribution in [-0.2, 0) is 13.6 Å². The van der Waals surface area contributed by atoms with E-state index in [0.29, 0.717) is 6.54 Å². The molecule has 0 amide bonds. The normalized spacial score (nSPS) is 15.0. The minimum absolute atomic E-state index is 0.00146. The van der Waals surface area contributed by atoms with E-state index in [-0.39, 0.29) is 27.7 Å². The molecule has 1 N–H and O–H groups in total. The van der Waals surface area contributed by atoms with Crippen LogP contribution in [0.15, 0.2) is 36.4 Å². The van der Waals surface area contributed by atoms with Crippen LogP contribution in [0, 0.1) is 23.3 Å². The quantitative estimate of drug-likeness (QED) is 0.317. The van der Waals surface area contributed by atoms with Crippen LogP contribution in [0.2, 0.25) is 0 Å². The summed E-state index contributed by atoms with van der Waals surface area (Å²) in [5.41, 5.74) is -1.69. The molecule has 0 spiro atoms. The fourth-order valence-electron chi connectivity index (χ4n) is 4.73. The van der Waals surface area contributed by atoms with Gasteiger partial charge in [0.15, 0.2) is 23.3 Å². The summed E-state index contributed by atoms with van der Waals surface area (Å²) in [4.78, 5) is 16.2. The van der Waals surface area contributed by atoms with E-state index in [9.17, 15) is 9.90 Å². The number of aromatic nitrogens is 3. The Morgan fingerprint density at radius 3 is 2.14 bits per heavy atom. The van der Waals surface area contributed by atoms with Gasteiger partial charge in [0.25, 0.3) is 0 Å². The molecule has 192 valence electrons. The van der Waals surface area contributed by atoms with E-state index in [1.165, 1.54) is 23.9 Å². The average molecular weight is 513 g/mol. The van der Waals surface area contributed by atoms with Crippen LogP contribution in [0.5, 0.6) is 0 Å². The zero-order valence-electron chi connectivity index (χ0n) is 20.1. The molecule has 37 heavy (non-hydrogen) atoms. The molecule has 1 aliphatic rings. The van der Waals surface area contributed by atoms with Crippen LogP contribution >= 0.6 is 0 Å². The van der Waals surface area contributed by atoms with E-state index in [4.69, 9.17) is 0 Å². The summed E-state index contributed by atoms with van der Waals surface area (Å²) in [6, 6.07) is 8.39. The molecule has 1 aliphatic heterocycles. The lowest BCUT2D eigenvalue weighted by Crippen LogP contribution is -2.43. The van der Waals surface area contributed by atoms with Crippen molar-refractivity contribution >= 4 is 17.0 Å². The lowest BCUT2D eigenvalue weighted by Gasteiger charge is -2.32. The Bertz CT molecular complexity index is 1500. The molecule has 0 radical (unpaired) electrons. The van der Waals surface area contributed by atoms with Gasteiger partial charge in [0.1, 0.15) is 11.0 Å². The second kappa shape index (κ2) is 9.56. The first kappa shape index (κ1) is 24.8. The molecular weight excluding hydrogens is 490 g/mol. The van der Waals surface area contributed by atoms with Gasteiger partial charge in [0, 0.05) is 39.8 Å². The molecule has 7 nitrogen and oxygen atoms in total. The number of carboxylic acids is 1. The summed E-state index contributed by atoms with van der Waals surface area (Å²) in [6.07, 6.45) is 0. The maximum absolute atomic E-state index is 15.3. The van der Waals surface area contributed by atoms with Gasteiger partial charge in [-0.1, -0.05) is 23.4 Å². The van der Waals surface area contributed by atoms with Crippen LogP contribution in [0.4, 0.5) is 17.6 Å². The Kier molecular flexibility index (Phi) is 6.42. The molecule has 0 bridgehead atoms. The van der Waals surface area contributed by atoms with Crippen LogP contribution < -0.4 is 0 Å². The molecule has 11 heteroatoms. The number of fused-ring (bicyclic) bond motifs is 1. The van der Waals surface area contributed by atoms with Crippen molar-refractivity contribution in [2.24, 2.45) is 7.05 Å². The number of benzene rings is 3. The fraction of sp³-hybridized carbons (Fsp3) is 0.269. The van der Waals surface area contributed by atoms with Gasteiger partial charge in [0.2, 0.25) is 0 Å². The van der Waals surface area contributed by atoms with E-state index in [1.807, 2.05) is 7.05 Å². The first-order valence-electron chi connectivity index (χ1n) is 11.6. The highest BCUT2D eigenvalue weighted by Crippen LogP contribution is 2.38. The monoisotopic (exact) mass is 513 g/mol. The molecule has 0 saturated carbocycles. The molecule has 1 aromatic heterocycles. The summed E-state index contributed by atoms with van der Waals surface area (Å²) >= 11 is 0. The minimum Gasteiger partial charge on any atom is -0.478 e. The summed E-state index contributed by atoms with van der Waals surface area (Å²) in [7, 11) is 3.48. The molecule has 5 rings (SSSR count). The van der Waals surface area contributed by atoms with E-state index in [1.54, 1.807) is 12.1 Å². The first-order valence-corrected chi connectivity index (χ1v) is 11.6. The van der Waals surface area contributed by atoms with Gasteiger partial charge in [-0.3, -0.25) is 4.90 Å². The number of carbonyl (C=O) groups is 1. The molecule has 3 aromatic carbocycles. The first-order chi connectivity index (χ1) is 17.7. The van der Waals surface area contributed by atoms with Crippen molar-refractivity contribution in [3.05, 3.63) is 70.8 Å². The minimum atomic E-state index is -1.63. The number of carboxylic acid groups (broad SMARTS) is 1. The second-order valence-electron chi connectivity index (χ2n) is 9.20. The number of likely N-dealkylation sites (N-methyl/N-ethyl adjacent to an activating group) is 1. The van der Waals surface area contributed by atoms with Crippen molar-refractivity contribution in [1.29, 1.82) is 0 Å². The summed E-state index contributed by atoms with van der Waals surface area (Å²) in [5, 5.41) is 17.1. The van der Waals surface area contributed by atoms with Gasteiger partial charge in [-0.25, -0.2) is 27.0 Å². The third-order valence-electron chi connectivity index (χ3n) is 6.70. The van der Waals surface area contributed by atoms with Gasteiger partial charge in [0.05, 0.1) is 16.7 Å². The lowest BCUT2D eigenvalue weighted by atomic mass is 9.95. The standard InChI is InChI=1S/C26H23F4N5O2/c1-33-6-8-35(9-7-33)13-14-4-3-5-15(10-14)19-21(27)23(29)20(24(30)22(19)28)16-11-17(26(36)37)25-18(12-16)31-32-34(25)2/h3-5,10-12H,6-9,13H2,1-2H3,(H,36,37). The Balaban J connectivity index is 1.58. The number of hydrogen-bond acceptors (Lipinski definition) is 5. The van der Waals surface area contributed by atoms with E-state index >= 15 is 17.6 Å². The predicted molar refractivity (Wildman–Crippen MR) is 129 cm³/mol. The molecule has 4 aromatic rings. The SMILES string of the molecule is CN1CCN(Cc2cccc(-c3c(F)c(F)c(-c4cc(C(=O)O)c5c(c4)nnn5C)c(F)c3F)c2)CC1. The molecule has 1 saturated heterocycles. The topological polar surface area (TPSA) is 74.5 Å². The number of piperazine rings is 1. The fourth-order valence-corrected chi connectivity index (χ4v) is 4.73. The number of aromatic carboxylic acids is 1. The predicted octanol–water partition coefficient (Wildman–Crippen LogP) is 4.30. The van der Waals surface area contributed by atoms with E-state index in [0.717, 1.165) is 43.9 Å². The Morgan fingerprint density at radius 1 is 0.892 bits per heavy atom. The summed E-state index contributed by atoms with van der Waals surface area (Å²) in [6.45, 7) is 3.98. The Labute approximate surface area is 209 Å². The zero-order valence-corrected chi connectivity index (χ0v) is 20.1. The maximum Gasteiger partial charge on any atom is 0.337 e. The van der Waals surface area contributed by atoms with Gasteiger partial charge in [-0.2, -0.15) is 0 Å². The highest BCUT2D eigenvalue weighted by Gasteiger charge is 2.29. The average Bonchev–Trinajstić information content (AvgIpc) is 3.25. The van der Waals surface area contributed by atoms with Crippen molar-refractivity contribution in [1.82, 2.24) is 24.8 Å². The van der Waals surface area contributed by atoms with Crippen LogP contribution in [-0.4, -0.2) is 69.1 Å². The molecular formula is C26H23F4N5O2. The van der Waals surface area contributed by atoms with E-state index in [2.05, 4.69) is 20.1 Å². The number of aryl methyl sites for hydroxylation is 1. The molecule has 2 heterocycles. The number of nitrogens with zero attached hydrogens (tertiary/aromatic N) is 5. The highest BCUT2D eigenvalue weighted by atomic mass is 19.2. The van der Waals surface area contributed by atoms with Crippen LogP contribution in [0.25, 0.3) is 33.3 Å². The zero-order chi connectivity index (χ0) is 26.4. The van der Waals surface area contributed by atoms with E-state index < -0.39 is 40.4 Å². The number of rotatable bonds is 5. The molecule has 0 aliphatic carbocycles. The second-order valence-corrected chi connectivity index (χ2v) is 9.20. The van der Waals surface area contributed by atoms with Crippen LogP contribution in [0.1, 0.15) is 15.9 Å². The smallest absolute Gasteiger partial charge is 0.337 e. The van der Waals surface area contributed by atoms with Crippen molar-refractivity contribution in [2.75, 3.05) is 33.2 Å². The van der Waals surface area contributed by atoms with Gasteiger partial charge in [-0.05, 0) is 41.9 Å². The molecule has 0 atom stereocenters. The molecule has 0 unspecified atom stereocenters. The van der Waals surface area contributed by atoms with Crippen molar-refractivity contribution < 1.29 is 27.5 Å². The third kappa shape index (κ3) is 4.44. The van der Waals surface area contributed by atoms with Crippen molar-refractivity contribution in [3.63, 3.8) is 0 Å². The van der Waals surface area contributed by atoms with Gasteiger partial charge >= 0.3 is 5.97 Å². The van der Waals surface area contributed by atoms with Crippen LogP contribution in [0.3, 0.4) is 0 Å². The summed E-state index contributed by atoms with van der Waals surface area (Å²) in [5.74, 6) is -7.80. The Morgan fingerprint density at radius 2 is 1.51 bits per heavy atom. The number of halogens is 4. The maximum atomic E-state index is 15.3. The molecule has 1 fully saturated rings.